The molecular weight excluding hydrogens is 236 g/mol. The van der Waals surface area contributed by atoms with Crippen LogP contribution in [0.25, 0.3) is 0 Å². The van der Waals surface area contributed by atoms with Gasteiger partial charge in [-0.2, -0.15) is 0 Å². The third-order valence-electron chi connectivity index (χ3n) is 5.34. The summed E-state index contributed by atoms with van der Waals surface area (Å²) >= 11 is 0. The van der Waals surface area contributed by atoms with Crippen LogP contribution in [0.5, 0.6) is 0 Å². The largest absolute Gasteiger partial charge is 0.374 e. The monoisotopic (exact) mass is 268 g/mol. The molecule has 19 heavy (non-hydrogen) atoms. The Morgan fingerprint density at radius 1 is 1.21 bits per heavy atom. The summed E-state index contributed by atoms with van der Waals surface area (Å²) in [6.45, 7) is 8.86. The zero-order valence-electron chi connectivity index (χ0n) is 13.0. The fourth-order valence-electron chi connectivity index (χ4n) is 3.92. The highest BCUT2D eigenvalue weighted by molar-refractivity contribution is 4.89. The van der Waals surface area contributed by atoms with Crippen molar-refractivity contribution in [2.75, 3.05) is 33.3 Å². The van der Waals surface area contributed by atoms with Crippen molar-refractivity contribution in [1.29, 1.82) is 0 Å². The van der Waals surface area contributed by atoms with E-state index >= 15 is 0 Å². The lowest BCUT2D eigenvalue weighted by Crippen LogP contribution is -2.54. The van der Waals surface area contributed by atoms with Gasteiger partial charge >= 0.3 is 0 Å². The zero-order valence-corrected chi connectivity index (χ0v) is 13.0. The molecule has 0 aromatic rings. The average Bonchev–Trinajstić information content (AvgIpc) is 2.49. The highest BCUT2D eigenvalue weighted by atomic mass is 16.5. The second-order valence-electron chi connectivity index (χ2n) is 6.31. The second kappa shape index (κ2) is 7.61. The molecule has 0 bridgehead atoms. The van der Waals surface area contributed by atoms with Crippen molar-refractivity contribution in [3.05, 3.63) is 0 Å². The predicted octanol–water partition coefficient (Wildman–Crippen LogP) is 2.51. The minimum Gasteiger partial charge on any atom is -0.374 e. The summed E-state index contributed by atoms with van der Waals surface area (Å²) in [6.07, 6.45) is 7.36. The zero-order chi connectivity index (χ0) is 13.7. The van der Waals surface area contributed by atoms with Crippen molar-refractivity contribution in [2.24, 2.45) is 11.8 Å². The summed E-state index contributed by atoms with van der Waals surface area (Å²) in [5, 5.41) is 3.57. The van der Waals surface area contributed by atoms with Crippen molar-refractivity contribution in [1.82, 2.24) is 10.2 Å². The van der Waals surface area contributed by atoms with Crippen molar-refractivity contribution in [3.63, 3.8) is 0 Å². The number of rotatable bonds is 5. The quantitative estimate of drug-likeness (QED) is 0.829. The molecule has 3 heteroatoms. The summed E-state index contributed by atoms with van der Waals surface area (Å²) in [6, 6.07) is 0.548. The summed E-state index contributed by atoms with van der Waals surface area (Å²) in [4.78, 5) is 2.52. The van der Waals surface area contributed by atoms with Crippen LogP contribution in [0.3, 0.4) is 0 Å². The summed E-state index contributed by atoms with van der Waals surface area (Å²) in [7, 11) is 2.12. The molecule has 0 radical (unpaired) electrons. The van der Waals surface area contributed by atoms with Crippen LogP contribution < -0.4 is 5.32 Å². The van der Waals surface area contributed by atoms with E-state index in [0.717, 1.165) is 38.1 Å². The van der Waals surface area contributed by atoms with Gasteiger partial charge in [0, 0.05) is 19.1 Å². The third-order valence-corrected chi connectivity index (χ3v) is 5.34. The van der Waals surface area contributed by atoms with Gasteiger partial charge in [-0.05, 0) is 38.3 Å². The fraction of sp³-hybridized carbons (Fsp3) is 1.00. The van der Waals surface area contributed by atoms with Crippen LogP contribution in [-0.4, -0.2) is 50.3 Å². The first kappa shape index (κ1) is 15.3. The van der Waals surface area contributed by atoms with E-state index in [1.807, 2.05) is 0 Å². The molecule has 2 atom stereocenters. The Bertz CT molecular complexity index is 251. The molecule has 1 saturated carbocycles. The molecule has 1 N–H and O–H groups in total. The molecule has 0 aromatic carbocycles. The molecule has 0 spiro atoms. The minimum atomic E-state index is 0.391. The Labute approximate surface area is 119 Å². The second-order valence-corrected chi connectivity index (χ2v) is 6.31. The smallest absolute Gasteiger partial charge is 0.0857 e. The average molecular weight is 268 g/mol. The molecule has 1 saturated heterocycles. The molecule has 2 aliphatic rings. The Kier molecular flexibility index (Phi) is 6.11. The van der Waals surface area contributed by atoms with Gasteiger partial charge < -0.3 is 10.1 Å². The summed E-state index contributed by atoms with van der Waals surface area (Å²) in [5.41, 5.74) is 0. The third kappa shape index (κ3) is 3.93. The highest BCUT2D eigenvalue weighted by Gasteiger charge is 2.34. The number of nitrogens with zero attached hydrogens (tertiary/aromatic N) is 1. The van der Waals surface area contributed by atoms with E-state index in [1.54, 1.807) is 0 Å². The van der Waals surface area contributed by atoms with Crippen LogP contribution in [0.4, 0.5) is 0 Å². The van der Waals surface area contributed by atoms with Gasteiger partial charge in [-0.15, -0.1) is 0 Å². The normalized spacial score (nSPS) is 35.2. The molecule has 1 aliphatic carbocycles. The van der Waals surface area contributed by atoms with Gasteiger partial charge in [0.1, 0.15) is 0 Å². The first-order chi connectivity index (χ1) is 9.28. The van der Waals surface area contributed by atoms with E-state index in [2.05, 4.69) is 31.1 Å². The number of morpholine rings is 1. The van der Waals surface area contributed by atoms with Gasteiger partial charge in [0.15, 0.2) is 0 Å². The van der Waals surface area contributed by atoms with Crippen LogP contribution in [0, 0.1) is 11.8 Å². The molecule has 3 nitrogen and oxygen atoms in total. The van der Waals surface area contributed by atoms with Gasteiger partial charge in [-0.1, -0.05) is 33.1 Å². The van der Waals surface area contributed by atoms with Gasteiger partial charge in [-0.3, -0.25) is 4.90 Å². The van der Waals surface area contributed by atoms with Gasteiger partial charge in [-0.25, -0.2) is 0 Å². The molecule has 0 amide bonds. The number of ether oxygens (including phenoxy) is 1. The minimum absolute atomic E-state index is 0.391. The fourth-order valence-corrected chi connectivity index (χ4v) is 3.92. The first-order valence-electron chi connectivity index (χ1n) is 8.29. The van der Waals surface area contributed by atoms with E-state index in [-0.39, 0.29) is 0 Å². The van der Waals surface area contributed by atoms with E-state index < -0.39 is 0 Å². The van der Waals surface area contributed by atoms with Crippen LogP contribution in [0.1, 0.15) is 46.0 Å². The number of likely N-dealkylation sites (N-methyl/N-ethyl adjacent to an activating group) is 2. The van der Waals surface area contributed by atoms with Crippen molar-refractivity contribution in [2.45, 2.75) is 58.1 Å². The summed E-state index contributed by atoms with van der Waals surface area (Å²) < 4.78 is 6.07. The van der Waals surface area contributed by atoms with Crippen LogP contribution >= 0.6 is 0 Å². The molecular formula is C16H32N2O. The summed E-state index contributed by atoms with van der Waals surface area (Å²) in [5.74, 6) is 1.79. The molecule has 0 aromatic heterocycles. The van der Waals surface area contributed by atoms with Crippen LogP contribution in [-0.2, 0) is 4.74 Å². The number of hydrogen-bond acceptors (Lipinski definition) is 3. The molecule has 2 fully saturated rings. The van der Waals surface area contributed by atoms with Crippen molar-refractivity contribution < 1.29 is 4.74 Å². The SMILES string of the molecule is CCC1CCC(C(NC)C2CN(CC)CCO2)CC1. The van der Waals surface area contributed by atoms with Crippen LogP contribution in [0.2, 0.25) is 0 Å². The van der Waals surface area contributed by atoms with Crippen molar-refractivity contribution in [3.8, 4) is 0 Å². The van der Waals surface area contributed by atoms with E-state index in [1.165, 1.54) is 32.1 Å². The number of nitrogens with one attached hydrogen (secondary N) is 1. The van der Waals surface area contributed by atoms with E-state index in [0.29, 0.717) is 12.1 Å². The molecule has 1 heterocycles. The highest BCUT2D eigenvalue weighted by Crippen LogP contribution is 2.34. The lowest BCUT2D eigenvalue weighted by Gasteiger charge is -2.41. The van der Waals surface area contributed by atoms with Crippen molar-refractivity contribution >= 4 is 0 Å². The lowest BCUT2D eigenvalue weighted by atomic mass is 9.76. The Morgan fingerprint density at radius 3 is 2.53 bits per heavy atom. The standard InChI is InChI=1S/C16H32N2O/c1-4-13-6-8-14(9-7-13)16(17-3)15-12-18(5-2)10-11-19-15/h13-17H,4-12H2,1-3H3. The lowest BCUT2D eigenvalue weighted by molar-refractivity contribution is -0.0577. The van der Waals surface area contributed by atoms with Gasteiger partial charge in [0.25, 0.3) is 0 Å². The molecule has 2 rings (SSSR count). The van der Waals surface area contributed by atoms with E-state index in [9.17, 15) is 0 Å². The van der Waals surface area contributed by atoms with Crippen LogP contribution in [0.15, 0.2) is 0 Å². The Balaban J connectivity index is 1.88. The maximum atomic E-state index is 6.07. The molecule has 2 unspecified atom stereocenters. The van der Waals surface area contributed by atoms with E-state index in [4.69, 9.17) is 4.74 Å². The van der Waals surface area contributed by atoms with Gasteiger partial charge in [0.2, 0.25) is 0 Å². The molecule has 112 valence electrons. The maximum Gasteiger partial charge on any atom is 0.0857 e. The predicted molar refractivity (Wildman–Crippen MR) is 80.4 cm³/mol. The topological polar surface area (TPSA) is 24.5 Å². The Hall–Kier alpha value is -0.120. The maximum absolute atomic E-state index is 6.07. The van der Waals surface area contributed by atoms with Gasteiger partial charge in [0.05, 0.1) is 12.7 Å². The first-order valence-corrected chi connectivity index (χ1v) is 8.29. The molecule has 1 aliphatic heterocycles. The number of hydrogen-bond donors (Lipinski definition) is 1. The Morgan fingerprint density at radius 2 is 1.95 bits per heavy atom.